The van der Waals surface area contributed by atoms with Crippen LogP contribution in [0.25, 0.3) is 0 Å². The Kier molecular flexibility index (Phi) is 6.28. The molecule has 0 aliphatic heterocycles. The van der Waals surface area contributed by atoms with Crippen molar-refractivity contribution in [3.63, 3.8) is 0 Å². The molecular formula is C13H20IN3S. The van der Waals surface area contributed by atoms with Crippen LogP contribution in [0.5, 0.6) is 0 Å². The number of nitrogens with two attached hydrogens (primary N) is 2. The lowest BCUT2D eigenvalue weighted by Crippen LogP contribution is -2.29. The Morgan fingerprint density at radius 3 is 2.33 bits per heavy atom. The second-order valence-electron chi connectivity index (χ2n) is 4.55. The number of halogens is 1. The van der Waals surface area contributed by atoms with Gasteiger partial charge in [0.25, 0.3) is 0 Å². The lowest BCUT2D eigenvalue weighted by molar-refractivity contribution is 0.619. The summed E-state index contributed by atoms with van der Waals surface area (Å²) in [5, 5.41) is 0. The van der Waals surface area contributed by atoms with Crippen LogP contribution >= 0.6 is 35.7 Å². The van der Waals surface area contributed by atoms with Gasteiger partial charge >= 0.3 is 0 Å². The van der Waals surface area contributed by atoms with Gasteiger partial charge in [-0.25, -0.2) is 0 Å². The predicted octanol–water partition coefficient (Wildman–Crippen LogP) is 2.98. The van der Waals surface area contributed by atoms with Crippen LogP contribution in [-0.2, 0) is 0 Å². The number of rotatable bonds is 4. The molecule has 0 bridgehead atoms. The van der Waals surface area contributed by atoms with Crippen LogP contribution in [0.4, 0.5) is 0 Å². The molecule has 0 heterocycles. The minimum atomic E-state index is 0. The number of nitrogens with zero attached hydrogens (tertiary/aromatic N) is 1. The van der Waals surface area contributed by atoms with Crippen LogP contribution < -0.4 is 11.5 Å². The lowest BCUT2D eigenvalue weighted by Gasteiger charge is -2.26. The summed E-state index contributed by atoms with van der Waals surface area (Å²) in [6.07, 6.45) is 4.95. The maximum Gasteiger partial charge on any atom is 0.185 e. The van der Waals surface area contributed by atoms with Gasteiger partial charge in [-0.15, -0.1) is 35.7 Å². The minimum Gasteiger partial charge on any atom is -0.370 e. The summed E-state index contributed by atoms with van der Waals surface area (Å²) in [5.41, 5.74) is 10.9. The number of benzene rings is 1. The molecule has 5 heteroatoms. The molecule has 0 radical (unpaired) electrons. The first-order chi connectivity index (χ1) is 8.20. The molecule has 0 amide bonds. The van der Waals surface area contributed by atoms with E-state index in [2.05, 4.69) is 29.3 Å². The fourth-order valence-corrected chi connectivity index (χ4v) is 3.70. The first-order valence-corrected chi connectivity index (χ1v) is 6.81. The lowest BCUT2D eigenvalue weighted by atomic mass is 10.1. The van der Waals surface area contributed by atoms with E-state index in [0.29, 0.717) is 0 Å². The second kappa shape index (κ2) is 7.23. The van der Waals surface area contributed by atoms with Crippen LogP contribution in [0.2, 0.25) is 0 Å². The molecule has 1 saturated carbocycles. The van der Waals surface area contributed by atoms with Crippen LogP contribution in [-0.4, -0.2) is 17.3 Å². The smallest absolute Gasteiger partial charge is 0.185 e. The third-order valence-corrected chi connectivity index (χ3v) is 4.62. The van der Waals surface area contributed by atoms with E-state index in [1.54, 1.807) is 0 Å². The zero-order valence-electron chi connectivity index (χ0n) is 10.3. The average molecular weight is 377 g/mol. The van der Waals surface area contributed by atoms with Crippen molar-refractivity contribution in [1.29, 1.82) is 0 Å². The summed E-state index contributed by atoms with van der Waals surface area (Å²) in [7, 11) is 0. The molecule has 4 N–H and O–H groups in total. The molecule has 100 valence electrons. The van der Waals surface area contributed by atoms with Gasteiger partial charge in [-0.05, 0) is 25.0 Å². The normalized spacial score (nSPS) is 16.9. The zero-order valence-corrected chi connectivity index (χ0v) is 13.5. The van der Waals surface area contributed by atoms with Crippen molar-refractivity contribution < 1.29 is 0 Å². The summed E-state index contributed by atoms with van der Waals surface area (Å²) in [5.74, 6) is 0.199. The maximum absolute atomic E-state index is 5.44. The maximum atomic E-state index is 5.44. The number of thioether (sulfide) groups is 1. The van der Waals surface area contributed by atoms with E-state index < -0.39 is 0 Å². The minimum absolute atomic E-state index is 0. The van der Waals surface area contributed by atoms with E-state index in [4.69, 9.17) is 11.5 Å². The summed E-state index contributed by atoms with van der Waals surface area (Å²) in [4.78, 5) is 5.53. The van der Waals surface area contributed by atoms with Crippen molar-refractivity contribution in [2.24, 2.45) is 16.5 Å². The molecule has 0 spiro atoms. The fraction of sp³-hybridized carbons (Fsp3) is 0.462. The Bertz CT molecular complexity index is 384. The van der Waals surface area contributed by atoms with Gasteiger partial charge in [0.2, 0.25) is 0 Å². The summed E-state index contributed by atoms with van der Waals surface area (Å²) in [6, 6.07) is 10.5. The van der Waals surface area contributed by atoms with Gasteiger partial charge in [-0.3, -0.25) is 4.99 Å². The Balaban J connectivity index is 0.00000162. The summed E-state index contributed by atoms with van der Waals surface area (Å²) >= 11 is 1.92. The average Bonchev–Trinajstić information content (AvgIpc) is 2.77. The molecule has 2 rings (SSSR count). The topological polar surface area (TPSA) is 64.4 Å². The standard InChI is InChI=1S/C13H19N3S.HI/c14-12(15)16-10-13(8-4-5-9-13)17-11-6-2-1-3-7-11;/h1-3,6-7H,4-5,8-10H2,(H4,14,15,16);1H. The van der Waals surface area contributed by atoms with Gasteiger partial charge in [0, 0.05) is 9.64 Å². The van der Waals surface area contributed by atoms with Gasteiger partial charge in [0.15, 0.2) is 5.96 Å². The second-order valence-corrected chi connectivity index (χ2v) is 6.09. The first-order valence-electron chi connectivity index (χ1n) is 6.00. The molecule has 3 nitrogen and oxygen atoms in total. The quantitative estimate of drug-likeness (QED) is 0.482. The van der Waals surface area contributed by atoms with Crippen molar-refractivity contribution >= 4 is 41.7 Å². The van der Waals surface area contributed by atoms with Gasteiger partial charge in [0.05, 0.1) is 6.54 Å². The monoisotopic (exact) mass is 377 g/mol. The Labute approximate surface area is 130 Å². The van der Waals surface area contributed by atoms with Gasteiger partial charge < -0.3 is 11.5 Å². The summed E-state index contributed by atoms with van der Waals surface area (Å²) in [6.45, 7) is 0.731. The summed E-state index contributed by atoms with van der Waals surface area (Å²) < 4.78 is 0.200. The fourth-order valence-electron chi connectivity index (χ4n) is 2.29. The Morgan fingerprint density at radius 1 is 1.17 bits per heavy atom. The first kappa shape index (κ1) is 15.6. The van der Waals surface area contributed by atoms with E-state index >= 15 is 0 Å². The van der Waals surface area contributed by atoms with E-state index in [1.165, 1.54) is 30.6 Å². The molecule has 1 aromatic rings. The molecule has 0 atom stereocenters. The molecule has 1 aromatic carbocycles. The van der Waals surface area contributed by atoms with E-state index in [1.807, 2.05) is 17.8 Å². The number of hydrogen-bond acceptors (Lipinski definition) is 2. The van der Waals surface area contributed by atoms with E-state index in [-0.39, 0.29) is 34.7 Å². The SMILES string of the molecule is I.NC(N)=NCC1(Sc2ccccc2)CCCC1. The molecule has 1 fully saturated rings. The third kappa shape index (κ3) is 4.35. The number of guanidine groups is 1. The molecule has 0 saturated heterocycles. The zero-order chi connectivity index (χ0) is 12.1. The highest BCUT2D eigenvalue weighted by Gasteiger charge is 2.34. The predicted molar refractivity (Wildman–Crippen MR) is 89.6 cm³/mol. The Morgan fingerprint density at radius 2 is 1.78 bits per heavy atom. The number of aliphatic imine (C=N–C) groups is 1. The molecule has 0 unspecified atom stereocenters. The van der Waals surface area contributed by atoms with Crippen molar-refractivity contribution in [3.05, 3.63) is 30.3 Å². The molecule has 1 aliphatic carbocycles. The highest BCUT2D eigenvalue weighted by atomic mass is 127. The van der Waals surface area contributed by atoms with Crippen LogP contribution in [0.1, 0.15) is 25.7 Å². The van der Waals surface area contributed by atoms with Gasteiger partial charge in [0.1, 0.15) is 0 Å². The van der Waals surface area contributed by atoms with Gasteiger partial charge in [-0.1, -0.05) is 31.0 Å². The molecule has 0 aromatic heterocycles. The van der Waals surface area contributed by atoms with Crippen LogP contribution in [0, 0.1) is 0 Å². The van der Waals surface area contributed by atoms with Crippen molar-refractivity contribution in [1.82, 2.24) is 0 Å². The molecule has 18 heavy (non-hydrogen) atoms. The molecule has 1 aliphatic rings. The van der Waals surface area contributed by atoms with Crippen molar-refractivity contribution in [3.8, 4) is 0 Å². The Hall–Kier alpha value is -0.430. The van der Waals surface area contributed by atoms with Crippen molar-refractivity contribution in [2.75, 3.05) is 6.54 Å². The molecular weight excluding hydrogens is 357 g/mol. The highest BCUT2D eigenvalue weighted by Crippen LogP contribution is 2.45. The largest absolute Gasteiger partial charge is 0.370 e. The highest BCUT2D eigenvalue weighted by molar-refractivity contribution is 14.0. The third-order valence-electron chi connectivity index (χ3n) is 3.14. The van der Waals surface area contributed by atoms with E-state index in [0.717, 1.165) is 6.54 Å². The van der Waals surface area contributed by atoms with Crippen LogP contribution in [0.3, 0.4) is 0 Å². The van der Waals surface area contributed by atoms with E-state index in [9.17, 15) is 0 Å². The number of hydrogen-bond donors (Lipinski definition) is 2. The van der Waals surface area contributed by atoms with Crippen LogP contribution in [0.15, 0.2) is 40.2 Å². The van der Waals surface area contributed by atoms with Crippen molar-refractivity contribution in [2.45, 2.75) is 35.3 Å². The van der Waals surface area contributed by atoms with Gasteiger partial charge in [-0.2, -0.15) is 0 Å².